The van der Waals surface area contributed by atoms with Gasteiger partial charge in [0, 0.05) is 50.1 Å². The maximum atomic E-state index is 3.90. The first kappa shape index (κ1) is 14.2. The molecular weight excluding hydrogens is 254 g/mol. The topological polar surface area (TPSA) is 18.5 Å². The summed E-state index contributed by atoms with van der Waals surface area (Å²) < 4.78 is 0. The molecule has 0 radical (unpaired) electrons. The molecule has 3 aliphatic rings. The van der Waals surface area contributed by atoms with Crippen molar-refractivity contribution in [2.75, 3.05) is 51.3 Å². The summed E-state index contributed by atoms with van der Waals surface area (Å²) >= 11 is 2.12. The molecule has 1 unspecified atom stereocenters. The van der Waals surface area contributed by atoms with Crippen molar-refractivity contribution in [1.29, 1.82) is 0 Å². The smallest absolute Gasteiger partial charge is 0.0335 e. The van der Waals surface area contributed by atoms with Crippen molar-refractivity contribution in [3.8, 4) is 0 Å². The Morgan fingerprint density at radius 1 is 1.16 bits per heavy atom. The Bertz CT molecular complexity index is 277. The van der Waals surface area contributed by atoms with Crippen LogP contribution in [0.1, 0.15) is 32.1 Å². The number of piperazine rings is 1. The first-order valence-electron chi connectivity index (χ1n) is 8.03. The fourth-order valence-electron chi connectivity index (χ4n) is 3.95. The van der Waals surface area contributed by atoms with E-state index in [4.69, 9.17) is 0 Å². The maximum absolute atomic E-state index is 3.90. The number of nitrogens with one attached hydrogen (secondary N) is 1. The Hall–Kier alpha value is 0.230. The number of nitrogens with zero attached hydrogens (tertiary/aromatic N) is 2. The molecule has 1 N–H and O–H groups in total. The SMILES string of the molecule is CN1CCN(C2(CNC3CCSC3)CCCC2)CC1. The first-order chi connectivity index (χ1) is 9.28. The molecule has 3 nitrogen and oxygen atoms in total. The number of likely N-dealkylation sites (N-methyl/N-ethyl adjacent to an activating group) is 1. The zero-order valence-electron chi connectivity index (χ0n) is 12.4. The van der Waals surface area contributed by atoms with Gasteiger partial charge in [-0.25, -0.2) is 0 Å². The van der Waals surface area contributed by atoms with Gasteiger partial charge in [0.2, 0.25) is 0 Å². The highest BCUT2D eigenvalue weighted by Gasteiger charge is 2.40. The van der Waals surface area contributed by atoms with Crippen molar-refractivity contribution < 1.29 is 0 Å². The summed E-state index contributed by atoms with van der Waals surface area (Å²) in [6, 6.07) is 0.787. The minimum Gasteiger partial charge on any atom is -0.311 e. The van der Waals surface area contributed by atoms with Crippen LogP contribution in [0.4, 0.5) is 0 Å². The van der Waals surface area contributed by atoms with Crippen molar-refractivity contribution in [1.82, 2.24) is 15.1 Å². The lowest BCUT2D eigenvalue weighted by Gasteiger charge is -2.46. The van der Waals surface area contributed by atoms with Gasteiger partial charge in [-0.1, -0.05) is 12.8 Å². The summed E-state index contributed by atoms with van der Waals surface area (Å²) in [7, 11) is 2.26. The molecule has 0 bridgehead atoms. The number of hydrogen-bond donors (Lipinski definition) is 1. The zero-order valence-corrected chi connectivity index (χ0v) is 13.2. The van der Waals surface area contributed by atoms with E-state index in [1.54, 1.807) is 0 Å². The quantitative estimate of drug-likeness (QED) is 0.845. The molecule has 19 heavy (non-hydrogen) atoms. The Morgan fingerprint density at radius 2 is 1.89 bits per heavy atom. The van der Waals surface area contributed by atoms with Crippen LogP contribution in [0.25, 0.3) is 0 Å². The second-order valence-corrected chi connectivity index (χ2v) is 7.81. The van der Waals surface area contributed by atoms with Gasteiger partial charge in [0.05, 0.1) is 0 Å². The van der Waals surface area contributed by atoms with Gasteiger partial charge in [0.25, 0.3) is 0 Å². The van der Waals surface area contributed by atoms with Crippen molar-refractivity contribution in [3.05, 3.63) is 0 Å². The molecule has 1 aliphatic carbocycles. The van der Waals surface area contributed by atoms with Crippen molar-refractivity contribution >= 4 is 11.8 Å². The lowest BCUT2D eigenvalue weighted by molar-refractivity contribution is 0.0414. The van der Waals surface area contributed by atoms with E-state index in [-0.39, 0.29) is 0 Å². The van der Waals surface area contributed by atoms with Crippen LogP contribution in [0.2, 0.25) is 0 Å². The predicted octanol–water partition coefficient (Wildman–Crippen LogP) is 1.64. The Morgan fingerprint density at radius 3 is 2.53 bits per heavy atom. The molecule has 1 atom stereocenters. The third kappa shape index (κ3) is 3.29. The van der Waals surface area contributed by atoms with Crippen LogP contribution in [0, 0.1) is 0 Å². The van der Waals surface area contributed by atoms with Crippen LogP contribution >= 0.6 is 11.8 Å². The number of rotatable bonds is 4. The fourth-order valence-corrected chi connectivity index (χ4v) is 5.14. The second-order valence-electron chi connectivity index (χ2n) is 6.66. The van der Waals surface area contributed by atoms with Crippen LogP contribution in [0.5, 0.6) is 0 Å². The van der Waals surface area contributed by atoms with E-state index in [1.807, 2.05) is 0 Å². The number of thioether (sulfide) groups is 1. The fraction of sp³-hybridized carbons (Fsp3) is 1.00. The van der Waals surface area contributed by atoms with Gasteiger partial charge >= 0.3 is 0 Å². The van der Waals surface area contributed by atoms with Gasteiger partial charge in [-0.2, -0.15) is 11.8 Å². The molecule has 1 saturated carbocycles. The molecule has 2 heterocycles. The molecule has 2 saturated heterocycles. The summed E-state index contributed by atoms with van der Waals surface area (Å²) in [5, 5.41) is 3.90. The molecule has 0 amide bonds. The van der Waals surface area contributed by atoms with Crippen molar-refractivity contribution in [3.63, 3.8) is 0 Å². The molecule has 4 heteroatoms. The van der Waals surface area contributed by atoms with Gasteiger partial charge in [-0.05, 0) is 32.1 Å². The zero-order chi connectivity index (χ0) is 13.1. The van der Waals surface area contributed by atoms with Crippen LogP contribution in [-0.4, -0.2) is 72.7 Å². The Balaban J connectivity index is 1.58. The molecular formula is C15H29N3S. The molecule has 110 valence electrons. The lowest BCUT2D eigenvalue weighted by atomic mass is 9.93. The highest BCUT2D eigenvalue weighted by atomic mass is 32.2. The first-order valence-corrected chi connectivity index (χ1v) is 9.19. The maximum Gasteiger partial charge on any atom is 0.0335 e. The van der Waals surface area contributed by atoms with Crippen LogP contribution < -0.4 is 5.32 Å². The van der Waals surface area contributed by atoms with Crippen molar-refractivity contribution in [2.45, 2.75) is 43.7 Å². The highest BCUT2D eigenvalue weighted by Crippen LogP contribution is 2.35. The molecule has 3 rings (SSSR count). The summed E-state index contributed by atoms with van der Waals surface area (Å²) in [5.74, 6) is 2.69. The largest absolute Gasteiger partial charge is 0.311 e. The average molecular weight is 283 g/mol. The van der Waals surface area contributed by atoms with E-state index in [1.165, 1.54) is 76.3 Å². The van der Waals surface area contributed by atoms with Crippen LogP contribution in [-0.2, 0) is 0 Å². The Kier molecular flexibility index (Phi) is 4.73. The predicted molar refractivity (Wildman–Crippen MR) is 84.0 cm³/mol. The van der Waals surface area contributed by atoms with Crippen molar-refractivity contribution in [2.24, 2.45) is 0 Å². The molecule has 0 aromatic carbocycles. The van der Waals surface area contributed by atoms with Gasteiger partial charge in [-0.3, -0.25) is 4.90 Å². The molecule has 0 spiro atoms. The van der Waals surface area contributed by atoms with Gasteiger partial charge < -0.3 is 10.2 Å². The summed E-state index contributed by atoms with van der Waals surface area (Å²) in [5.41, 5.74) is 0.495. The summed E-state index contributed by atoms with van der Waals surface area (Å²) in [6.07, 6.45) is 7.09. The van der Waals surface area contributed by atoms with E-state index in [2.05, 4.69) is 33.9 Å². The average Bonchev–Trinajstić information content (AvgIpc) is 3.09. The molecule has 2 aliphatic heterocycles. The molecule has 0 aromatic heterocycles. The minimum absolute atomic E-state index is 0.495. The Labute approximate surface area is 122 Å². The van der Waals surface area contributed by atoms with E-state index < -0.39 is 0 Å². The van der Waals surface area contributed by atoms with Gasteiger partial charge in [0.1, 0.15) is 0 Å². The third-order valence-electron chi connectivity index (χ3n) is 5.36. The minimum atomic E-state index is 0.495. The molecule has 0 aromatic rings. The summed E-state index contributed by atoms with van der Waals surface area (Å²) in [6.45, 7) is 6.29. The summed E-state index contributed by atoms with van der Waals surface area (Å²) in [4.78, 5) is 5.29. The van der Waals surface area contributed by atoms with E-state index in [9.17, 15) is 0 Å². The monoisotopic (exact) mass is 283 g/mol. The van der Waals surface area contributed by atoms with E-state index in [0.29, 0.717) is 5.54 Å². The highest BCUT2D eigenvalue weighted by molar-refractivity contribution is 7.99. The van der Waals surface area contributed by atoms with Gasteiger partial charge in [0.15, 0.2) is 0 Å². The standard InChI is InChI=1S/C15H29N3S/c1-17-7-9-18(10-8-17)15(5-2-3-6-15)13-16-14-4-11-19-12-14/h14,16H,2-13H2,1H3. The normalized spacial score (nSPS) is 33.0. The third-order valence-corrected chi connectivity index (χ3v) is 6.52. The van der Waals surface area contributed by atoms with E-state index in [0.717, 1.165) is 6.04 Å². The lowest BCUT2D eigenvalue weighted by Crippen LogP contribution is -2.60. The van der Waals surface area contributed by atoms with E-state index >= 15 is 0 Å². The van der Waals surface area contributed by atoms with Crippen LogP contribution in [0.15, 0.2) is 0 Å². The molecule has 3 fully saturated rings. The van der Waals surface area contributed by atoms with Gasteiger partial charge in [-0.15, -0.1) is 0 Å². The second kappa shape index (κ2) is 6.33. The van der Waals surface area contributed by atoms with Crippen LogP contribution in [0.3, 0.4) is 0 Å². The number of hydrogen-bond acceptors (Lipinski definition) is 4.